The Balaban J connectivity index is 2.82. The second kappa shape index (κ2) is 8.93. The molecule has 23 heavy (non-hydrogen) atoms. The molecule has 0 amide bonds. The van der Waals surface area contributed by atoms with Gasteiger partial charge >= 0.3 is 5.97 Å². The van der Waals surface area contributed by atoms with Gasteiger partial charge in [-0.15, -0.1) is 0 Å². The Hall–Kier alpha value is -2.36. The molecule has 0 saturated carbocycles. The van der Waals surface area contributed by atoms with Crippen LogP contribution in [0.25, 0.3) is 5.57 Å². The molecule has 1 atom stereocenters. The van der Waals surface area contributed by atoms with Crippen LogP contribution < -0.4 is 5.32 Å². The van der Waals surface area contributed by atoms with Crippen LogP contribution in [0.4, 0.5) is 0 Å². The summed E-state index contributed by atoms with van der Waals surface area (Å²) < 4.78 is 0. The molecule has 0 saturated heterocycles. The first-order chi connectivity index (χ1) is 10.8. The number of carboxylic acid groups (broad SMARTS) is 1. The van der Waals surface area contributed by atoms with E-state index in [-0.39, 0.29) is 12.2 Å². The summed E-state index contributed by atoms with van der Waals surface area (Å²) in [6.45, 7) is 9.36. The molecule has 4 heteroatoms. The fraction of sp³-hybridized carbons (Fsp3) is 0.368. The summed E-state index contributed by atoms with van der Waals surface area (Å²) in [7, 11) is 0. The maximum absolute atomic E-state index is 11.9. The number of nitrogens with one attached hydrogen (secondary N) is 1. The largest absolute Gasteiger partial charge is 0.481 e. The number of Topliss-reactive ketones (excluding diaryl/α,β-unsaturated/α-hetero) is 1. The quantitative estimate of drug-likeness (QED) is 0.729. The molecule has 0 spiro atoms. The van der Waals surface area contributed by atoms with Crippen LogP contribution in [0.1, 0.15) is 44.2 Å². The van der Waals surface area contributed by atoms with Crippen molar-refractivity contribution in [1.29, 1.82) is 0 Å². The molecule has 0 aliphatic rings. The van der Waals surface area contributed by atoms with E-state index in [9.17, 15) is 9.59 Å². The average molecular weight is 315 g/mol. The Morgan fingerprint density at radius 3 is 2.48 bits per heavy atom. The van der Waals surface area contributed by atoms with Crippen LogP contribution in [0.3, 0.4) is 0 Å². The molecule has 1 aromatic rings. The highest BCUT2D eigenvalue weighted by atomic mass is 16.4. The van der Waals surface area contributed by atoms with Crippen molar-refractivity contribution in [3.63, 3.8) is 0 Å². The molecular weight excluding hydrogens is 290 g/mol. The average Bonchev–Trinajstić information content (AvgIpc) is 2.50. The lowest BCUT2D eigenvalue weighted by atomic mass is 9.93. The van der Waals surface area contributed by atoms with Crippen molar-refractivity contribution in [2.75, 3.05) is 0 Å². The number of rotatable bonds is 9. The fourth-order valence-electron chi connectivity index (χ4n) is 2.41. The van der Waals surface area contributed by atoms with Crippen molar-refractivity contribution in [1.82, 2.24) is 5.32 Å². The van der Waals surface area contributed by atoms with Crippen LogP contribution in [-0.2, 0) is 9.59 Å². The number of hydrogen-bond donors (Lipinski definition) is 2. The van der Waals surface area contributed by atoms with Gasteiger partial charge in [-0.05, 0) is 50.3 Å². The number of carbonyl (C=O) groups is 2. The zero-order valence-electron chi connectivity index (χ0n) is 14.1. The Kier molecular flexibility index (Phi) is 7.26. The summed E-state index contributed by atoms with van der Waals surface area (Å²) in [5, 5.41) is 11.8. The van der Waals surface area contributed by atoms with Crippen molar-refractivity contribution >= 4 is 17.3 Å². The second-order valence-corrected chi connectivity index (χ2v) is 5.64. The number of carboxylic acids is 1. The highest BCUT2D eigenvalue weighted by molar-refractivity contribution is 5.84. The van der Waals surface area contributed by atoms with Gasteiger partial charge in [-0.25, -0.2) is 0 Å². The Labute approximate surface area is 137 Å². The van der Waals surface area contributed by atoms with Crippen molar-refractivity contribution < 1.29 is 14.7 Å². The Morgan fingerprint density at radius 2 is 1.96 bits per heavy atom. The minimum absolute atomic E-state index is 0.00469. The van der Waals surface area contributed by atoms with Gasteiger partial charge in [0.25, 0.3) is 0 Å². The van der Waals surface area contributed by atoms with Crippen LogP contribution in [0.2, 0.25) is 0 Å². The Morgan fingerprint density at radius 1 is 1.30 bits per heavy atom. The smallest absolute Gasteiger partial charge is 0.303 e. The highest BCUT2D eigenvalue weighted by Crippen LogP contribution is 2.24. The van der Waals surface area contributed by atoms with Gasteiger partial charge in [0, 0.05) is 5.70 Å². The molecule has 0 aliphatic heterocycles. The zero-order valence-corrected chi connectivity index (χ0v) is 14.1. The molecule has 0 bridgehead atoms. The summed E-state index contributed by atoms with van der Waals surface area (Å²) >= 11 is 0. The number of aliphatic carboxylic acids is 1. The molecule has 1 unspecified atom stereocenters. The zero-order chi connectivity index (χ0) is 17.4. The lowest BCUT2D eigenvalue weighted by Gasteiger charge is -2.21. The molecule has 0 fully saturated rings. The third-order valence-corrected chi connectivity index (χ3v) is 3.77. The Bertz CT molecular complexity index is 617. The van der Waals surface area contributed by atoms with Gasteiger partial charge in [0.1, 0.15) is 0 Å². The number of carbonyl (C=O) groups excluding carboxylic acids is 1. The van der Waals surface area contributed by atoms with Gasteiger partial charge in [0.2, 0.25) is 0 Å². The van der Waals surface area contributed by atoms with E-state index in [0.29, 0.717) is 18.5 Å². The molecule has 1 rings (SSSR count). The van der Waals surface area contributed by atoms with E-state index < -0.39 is 12.0 Å². The highest BCUT2D eigenvalue weighted by Gasteiger charge is 2.18. The number of benzene rings is 1. The number of ketones is 1. The van der Waals surface area contributed by atoms with Crippen molar-refractivity contribution in [2.45, 2.75) is 46.1 Å². The van der Waals surface area contributed by atoms with Crippen LogP contribution in [-0.4, -0.2) is 22.9 Å². The minimum atomic E-state index is -0.874. The maximum atomic E-state index is 11.9. The molecule has 2 N–H and O–H groups in total. The monoisotopic (exact) mass is 315 g/mol. The van der Waals surface area contributed by atoms with E-state index in [1.807, 2.05) is 44.2 Å². The summed E-state index contributed by atoms with van der Waals surface area (Å²) in [5.74, 6) is -0.865. The predicted octanol–water partition coefficient (Wildman–Crippen LogP) is 3.71. The van der Waals surface area contributed by atoms with Crippen molar-refractivity contribution in [3.05, 3.63) is 53.7 Å². The van der Waals surface area contributed by atoms with E-state index in [1.165, 1.54) is 6.92 Å². The maximum Gasteiger partial charge on any atom is 0.303 e. The first-order valence-corrected chi connectivity index (χ1v) is 7.73. The molecule has 124 valence electrons. The third kappa shape index (κ3) is 6.10. The van der Waals surface area contributed by atoms with E-state index in [2.05, 4.69) is 11.9 Å². The van der Waals surface area contributed by atoms with E-state index >= 15 is 0 Å². The van der Waals surface area contributed by atoms with Gasteiger partial charge < -0.3 is 10.4 Å². The van der Waals surface area contributed by atoms with E-state index in [0.717, 1.165) is 16.7 Å². The summed E-state index contributed by atoms with van der Waals surface area (Å²) in [6, 6.07) is 7.65. The van der Waals surface area contributed by atoms with Gasteiger partial charge in [-0.3, -0.25) is 9.59 Å². The predicted molar refractivity (Wildman–Crippen MR) is 93.1 cm³/mol. The molecular formula is C19H25NO3. The first-order valence-electron chi connectivity index (χ1n) is 7.73. The normalized spacial score (nSPS) is 12.6. The lowest BCUT2D eigenvalue weighted by molar-refractivity contribution is -0.137. The molecule has 0 aromatic heterocycles. The minimum Gasteiger partial charge on any atom is -0.481 e. The standard InChI is InChI=1S/C19H25NO3/c1-5-16(17-9-7-6-8-13(17)2)12-18(15(4)21)20-14(3)10-11-19(22)23/h5-9,18,20H,3,10-12H2,1-2,4H3,(H,22,23)/b16-5-. The fourth-order valence-corrected chi connectivity index (χ4v) is 2.41. The summed E-state index contributed by atoms with van der Waals surface area (Å²) in [5.41, 5.74) is 3.95. The van der Waals surface area contributed by atoms with Crippen molar-refractivity contribution in [2.24, 2.45) is 0 Å². The van der Waals surface area contributed by atoms with Gasteiger partial charge in [-0.1, -0.05) is 36.9 Å². The number of hydrogen-bond acceptors (Lipinski definition) is 3. The topological polar surface area (TPSA) is 66.4 Å². The third-order valence-electron chi connectivity index (χ3n) is 3.77. The van der Waals surface area contributed by atoms with Crippen molar-refractivity contribution in [3.8, 4) is 0 Å². The van der Waals surface area contributed by atoms with Gasteiger partial charge in [-0.2, -0.15) is 0 Å². The SMILES string of the molecule is C=C(CCC(=O)O)NC(C/C(=C/C)c1ccccc1C)C(C)=O. The van der Waals surface area contributed by atoms with Crippen LogP contribution >= 0.6 is 0 Å². The molecule has 1 aromatic carbocycles. The number of allylic oxidation sites excluding steroid dienone is 2. The van der Waals surface area contributed by atoms with Crippen LogP contribution in [0.15, 0.2) is 42.6 Å². The second-order valence-electron chi connectivity index (χ2n) is 5.64. The molecule has 0 heterocycles. The molecule has 0 radical (unpaired) electrons. The molecule has 0 aliphatic carbocycles. The van der Waals surface area contributed by atoms with Gasteiger partial charge in [0.05, 0.1) is 12.5 Å². The summed E-state index contributed by atoms with van der Waals surface area (Å²) in [6.07, 6.45) is 2.88. The lowest BCUT2D eigenvalue weighted by Crippen LogP contribution is -2.35. The first kappa shape index (κ1) is 18.7. The summed E-state index contributed by atoms with van der Waals surface area (Å²) in [4.78, 5) is 22.6. The van der Waals surface area contributed by atoms with E-state index in [1.54, 1.807) is 0 Å². The van der Waals surface area contributed by atoms with Crippen LogP contribution in [0.5, 0.6) is 0 Å². The molecule has 4 nitrogen and oxygen atoms in total. The van der Waals surface area contributed by atoms with E-state index in [4.69, 9.17) is 5.11 Å². The number of aryl methyl sites for hydroxylation is 1. The van der Waals surface area contributed by atoms with Gasteiger partial charge in [0.15, 0.2) is 5.78 Å². The van der Waals surface area contributed by atoms with Crippen LogP contribution in [0, 0.1) is 6.92 Å².